The van der Waals surface area contributed by atoms with Crippen molar-refractivity contribution in [3.63, 3.8) is 0 Å². The fourth-order valence-corrected chi connectivity index (χ4v) is 1.91. The van der Waals surface area contributed by atoms with Crippen LogP contribution in [0, 0.1) is 6.92 Å². The molecule has 0 fully saturated rings. The fraction of sp³-hybridized carbons (Fsp3) is 0.500. The van der Waals surface area contributed by atoms with E-state index in [2.05, 4.69) is 5.32 Å². The average Bonchev–Trinajstić information content (AvgIpc) is 2.42. The van der Waals surface area contributed by atoms with Gasteiger partial charge in [0.1, 0.15) is 17.8 Å². The lowest BCUT2D eigenvalue weighted by molar-refractivity contribution is 0.0126. The van der Waals surface area contributed by atoms with Crippen LogP contribution in [0.1, 0.15) is 48.4 Å². The van der Waals surface area contributed by atoms with Crippen LogP contribution in [0.3, 0.4) is 0 Å². The highest BCUT2D eigenvalue weighted by molar-refractivity contribution is 5.87. The van der Waals surface area contributed by atoms with E-state index < -0.39 is 29.9 Å². The van der Waals surface area contributed by atoms with Gasteiger partial charge in [0.15, 0.2) is 0 Å². The maximum Gasteiger partial charge on any atom is 0.407 e. The minimum Gasteiger partial charge on any atom is -0.478 e. The Balaban J connectivity index is 2.73. The summed E-state index contributed by atoms with van der Waals surface area (Å²) >= 11 is 0. The van der Waals surface area contributed by atoms with E-state index in [1.807, 2.05) is 0 Å². The molecule has 1 rings (SSSR count). The summed E-state index contributed by atoms with van der Waals surface area (Å²) in [4.78, 5) is 22.5. The summed E-state index contributed by atoms with van der Waals surface area (Å²) in [6.07, 6.45) is -3.34. The summed E-state index contributed by atoms with van der Waals surface area (Å²) in [5, 5.41) is 31.5. The first-order valence-corrected chi connectivity index (χ1v) is 7.18. The number of nitrogens with one attached hydrogen (secondary N) is 1. The standard InChI is InChI=1S/C16H23NO6/c1-9-5-6-10(14(20)21)7-11(9)13(19)12(18)8-17-15(22)23-16(2,3)4/h5-7,12-13,18-19H,8H2,1-4H3,(H,17,22)(H,20,21). The van der Waals surface area contributed by atoms with Gasteiger partial charge in [-0.15, -0.1) is 0 Å². The van der Waals surface area contributed by atoms with Gasteiger partial charge in [0.05, 0.1) is 5.56 Å². The molecule has 0 saturated heterocycles. The van der Waals surface area contributed by atoms with Crippen molar-refractivity contribution >= 4 is 12.1 Å². The molecule has 1 aromatic carbocycles. The van der Waals surface area contributed by atoms with E-state index in [4.69, 9.17) is 9.84 Å². The number of hydrogen-bond donors (Lipinski definition) is 4. The van der Waals surface area contributed by atoms with Crippen molar-refractivity contribution in [3.05, 3.63) is 34.9 Å². The van der Waals surface area contributed by atoms with Crippen LogP contribution in [-0.4, -0.2) is 45.6 Å². The summed E-state index contributed by atoms with van der Waals surface area (Å²) in [6.45, 7) is 6.58. The highest BCUT2D eigenvalue weighted by Crippen LogP contribution is 2.22. The molecule has 2 atom stereocenters. The normalized spacial score (nSPS) is 14.0. The number of alkyl carbamates (subject to hydrolysis) is 1. The molecule has 0 aliphatic rings. The zero-order chi connectivity index (χ0) is 17.8. The summed E-state index contributed by atoms with van der Waals surface area (Å²) in [5.41, 5.74) is 0.277. The second-order valence-electron chi connectivity index (χ2n) is 6.27. The summed E-state index contributed by atoms with van der Waals surface area (Å²) < 4.78 is 5.03. The Morgan fingerprint density at radius 3 is 2.39 bits per heavy atom. The Kier molecular flexibility index (Phi) is 6.12. The number of carboxylic acid groups (broad SMARTS) is 1. The molecule has 7 nitrogen and oxygen atoms in total. The Bertz CT molecular complexity index is 578. The number of aliphatic hydroxyl groups is 2. The summed E-state index contributed by atoms with van der Waals surface area (Å²) in [6, 6.07) is 4.27. The number of hydrogen-bond acceptors (Lipinski definition) is 5. The predicted octanol–water partition coefficient (Wildman–Crippen LogP) is 1.61. The molecule has 0 aliphatic heterocycles. The van der Waals surface area contributed by atoms with Gasteiger partial charge in [-0.25, -0.2) is 9.59 Å². The number of ether oxygens (including phenoxy) is 1. The predicted molar refractivity (Wildman–Crippen MR) is 83.3 cm³/mol. The van der Waals surface area contributed by atoms with Crippen molar-refractivity contribution in [2.75, 3.05) is 6.54 Å². The molecule has 0 radical (unpaired) electrons. The van der Waals surface area contributed by atoms with Crippen LogP contribution < -0.4 is 5.32 Å². The number of aliphatic hydroxyl groups excluding tert-OH is 2. The van der Waals surface area contributed by atoms with Crippen molar-refractivity contribution in [2.24, 2.45) is 0 Å². The monoisotopic (exact) mass is 325 g/mol. The number of carbonyl (C=O) groups is 2. The van der Waals surface area contributed by atoms with Crippen molar-refractivity contribution in [1.29, 1.82) is 0 Å². The minimum absolute atomic E-state index is 0.0111. The molecule has 0 heterocycles. The number of aromatic carboxylic acids is 1. The molecule has 0 spiro atoms. The largest absolute Gasteiger partial charge is 0.478 e. The Labute approximate surface area is 134 Å². The van der Waals surface area contributed by atoms with Gasteiger partial charge in [-0.1, -0.05) is 6.07 Å². The van der Waals surface area contributed by atoms with E-state index in [1.165, 1.54) is 12.1 Å². The molecule has 0 bridgehead atoms. The lowest BCUT2D eigenvalue weighted by Gasteiger charge is -2.23. The molecule has 1 aromatic rings. The third-order valence-corrected chi connectivity index (χ3v) is 3.06. The van der Waals surface area contributed by atoms with Crippen LogP contribution in [0.5, 0.6) is 0 Å². The van der Waals surface area contributed by atoms with Crippen molar-refractivity contribution in [1.82, 2.24) is 5.32 Å². The SMILES string of the molecule is Cc1ccc(C(=O)O)cc1C(O)C(O)CNC(=O)OC(C)(C)C. The first kappa shape index (κ1) is 18.9. The van der Waals surface area contributed by atoms with E-state index in [-0.39, 0.29) is 12.1 Å². The van der Waals surface area contributed by atoms with Gasteiger partial charge in [-0.05, 0) is 51.0 Å². The van der Waals surface area contributed by atoms with E-state index in [9.17, 15) is 19.8 Å². The first-order chi connectivity index (χ1) is 10.5. The van der Waals surface area contributed by atoms with E-state index >= 15 is 0 Å². The topological polar surface area (TPSA) is 116 Å². The molecule has 0 saturated carbocycles. The maximum absolute atomic E-state index is 11.5. The molecule has 0 aliphatic carbocycles. The van der Waals surface area contributed by atoms with Crippen molar-refractivity contribution < 1.29 is 29.6 Å². The zero-order valence-corrected chi connectivity index (χ0v) is 13.7. The molecule has 1 amide bonds. The molecule has 4 N–H and O–H groups in total. The average molecular weight is 325 g/mol. The number of carboxylic acids is 1. The molecule has 128 valence electrons. The van der Waals surface area contributed by atoms with Gasteiger partial charge in [0.25, 0.3) is 0 Å². The Morgan fingerprint density at radius 1 is 1.26 bits per heavy atom. The summed E-state index contributed by atoms with van der Waals surface area (Å²) in [5.74, 6) is -1.13. The van der Waals surface area contributed by atoms with Crippen LogP contribution in [0.2, 0.25) is 0 Å². The van der Waals surface area contributed by atoms with Crippen molar-refractivity contribution in [3.8, 4) is 0 Å². The fourth-order valence-electron chi connectivity index (χ4n) is 1.91. The van der Waals surface area contributed by atoms with E-state index in [1.54, 1.807) is 33.8 Å². The number of rotatable bonds is 5. The molecular weight excluding hydrogens is 302 g/mol. The third-order valence-electron chi connectivity index (χ3n) is 3.06. The number of amides is 1. The van der Waals surface area contributed by atoms with E-state index in [0.717, 1.165) is 0 Å². The maximum atomic E-state index is 11.5. The minimum atomic E-state index is -1.33. The lowest BCUT2D eigenvalue weighted by Crippen LogP contribution is -2.39. The van der Waals surface area contributed by atoms with Crippen LogP contribution >= 0.6 is 0 Å². The van der Waals surface area contributed by atoms with Gasteiger partial charge < -0.3 is 25.4 Å². The Hall–Kier alpha value is -2.12. The molecule has 2 unspecified atom stereocenters. The number of aryl methyl sites for hydroxylation is 1. The van der Waals surface area contributed by atoms with Crippen molar-refractivity contribution in [2.45, 2.75) is 45.5 Å². The second kappa shape index (κ2) is 7.43. The van der Waals surface area contributed by atoms with Gasteiger partial charge in [0, 0.05) is 6.54 Å². The van der Waals surface area contributed by atoms with Crippen LogP contribution in [-0.2, 0) is 4.74 Å². The highest BCUT2D eigenvalue weighted by atomic mass is 16.6. The first-order valence-electron chi connectivity index (χ1n) is 7.18. The second-order valence-corrected chi connectivity index (χ2v) is 6.27. The molecular formula is C16H23NO6. The lowest BCUT2D eigenvalue weighted by atomic mass is 9.97. The zero-order valence-electron chi connectivity index (χ0n) is 13.7. The third kappa shape index (κ3) is 5.88. The van der Waals surface area contributed by atoms with Gasteiger partial charge in [-0.2, -0.15) is 0 Å². The van der Waals surface area contributed by atoms with Crippen LogP contribution in [0.15, 0.2) is 18.2 Å². The molecule has 23 heavy (non-hydrogen) atoms. The number of benzene rings is 1. The molecule has 0 aromatic heterocycles. The van der Waals surface area contributed by atoms with E-state index in [0.29, 0.717) is 11.1 Å². The number of carbonyl (C=O) groups excluding carboxylic acids is 1. The van der Waals surface area contributed by atoms with Crippen LogP contribution in [0.25, 0.3) is 0 Å². The Morgan fingerprint density at radius 2 is 1.87 bits per heavy atom. The van der Waals surface area contributed by atoms with Gasteiger partial charge in [-0.3, -0.25) is 0 Å². The summed E-state index contributed by atoms with van der Waals surface area (Å²) in [7, 11) is 0. The smallest absolute Gasteiger partial charge is 0.407 e. The quantitative estimate of drug-likeness (QED) is 0.653. The van der Waals surface area contributed by atoms with Gasteiger partial charge in [0.2, 0.25) is 0 Å². The van der Waals surface area contributed by atoms with Gasteiger partial charge >= 0.3 is 12.1 Å². The highest BCUT2D eigenvalue weighted by Gasteiger charge is 2.23. The molecule has 7 heteroatoms. The van der Waals surface area contributed by atoms with Crippen LogP contribution in [0.4, 0.5) is 4.79 Å².